The Morgan fingerprint density at radius 3 is 2.24 bits per heavy atom. The van der Waals surface area contributed by atoms with Gasteiger partial charge in [-0.25, -0.2) is 4.79 Å². The van der Waals surface area contributed by atoms with Crippen LogP contribution in [0.2, 0.25) is 0 Å². The number of benzene rings is 2. The van der Waals surface area contributed by atoms with Crippen LogP contribution in [0.1, 0.15) is 11.1 Å². The zero-order valence-electron chi connectivity index (χ0n) is 15.9. The van der Waals surface area contributed by atoms with E-state index in [0.29, 0.717) is 11.3 Å². The molecular formula is C19H20N6O4. The highest BCUT2D eigenvalue weighted by Gasteiger charge is 2.39. The summed E-state index contributed by atoms with van der Waals surface area (Å²) in [5.41, 5.74) is 1.35. The summed E-state index contributed by atoms with van der Waals surface area (Å²) in [5.74, 6) is -2.09. The van der Waals surface area contributed by atoms with E-state index in [9.17, 15) is 14.7 Å². The molecule has 2 N–H and O–H groups in total. The van der Waals surface area contributed by atoms with Crippen LogP contribution in [0.15, 0.2) is 75.3 Å². The van der Waals surface area contributed by atoms with Gasteiger partial charge in [0.05, 0.1) is 0 Å². The van der Waals surface area contributed by atoms with Crippen LogP contribution in [0.5, 0.6) is 5.75 Å². The van der Waals surface area contributed by atoms with Crippen LogP contribution in [0.4, 0.5) is 4.79 Å². The maximum atomic E-state index is 11.9. The highest BCUT2D eigenvalue weighted by Crippen LogP contribution is 2.30. The van der Waals surface area contributed by atoms with Crippen LogP contribution in [-0.4, -0.2) is 42.2 Å². The number of carboxylic acid groups (broad SMARTS) is 1. The maximum absolute atomic E-state index is 11.9. The SMILES string of the molecule is CN(C)C(=O)Oc1ccc(C[C@H](NC2(c3ccccc3)N=NN=N2)C(=O)O)cc1. The van der Waals surface area contributed by atoms with Gasteiger partial charge in [-0.2, -0.15) is 0 Å². The van der Waals surface area contributed by atoms with Crippen molar-refractivity contribution in [3.05, 3.63) is 65.7 Å². The first kappa shape index (κ1) is 20.1. The molecule has 1 atom stereocenters. The maximum Gasteiger partial charge on any atom is 0.414 e. The van der Waals surface area contributed by atoms with E-state index in [1.807, 2.05) is 6.07 Å². The molecule has 1 amide bonds. The van der Waals surface area contributed by atoms with Crippen LogP contribution in [0, 0.1) is 0 Å². The molecule has 10 heteroatoms. The van der Waals surface area contributed by atoms with Crippen molar-refractivity contribution in [2.45, 2.75) is 18.2 Å². The number of nitrogens with zero attached hydrogens (tertiary/aromatic N) is 5. The Labute approximate surface area is 166 Å². The number of hydrogen-bond acceptors (Lipinski definition) is 8. The van der Waals surface area contributed by atoms with E-state index < -0.39 is 23.9 Å². The van der Waals surface area contributed by atoms with Crippen molar-refractivity contribution in [1.82, 2.24) is 10.2 Å². The van der Waals surface area contributed by atoms with Gasteiger partial charge in [0.1, 0.15) is 11.8 Å². The number of aliphatic carboxylic acids is 1. The van der Waals surface area contributed by atoms with Gasteiger partial charge in [-0.1, -0.05) is 42.5 Å². The molecule has 0 bridgehead atoms. The zero-order chi connectivity index (χ0) is 20.9. The molecule has 1 aliphatic heterocycles. The number of carbonyl (C=O) groups excluding carboxylic acids is 1. The Kier molecular flexibility index (Phi) is 5.93. The lowest BCUT2D eigenvalue weighted by atomic mass is 10.0. The molecule has 150 valence electrons. The first-order valence-corrected chi connectivity index (χ1v) is 8.78. The first-order valence-electron chi connectivity index (χ1n) is 8.78. The van der Waals surface area contributed by atoms with Crippen molar-refractivity contribution < 1.29 is 19.4 Å². The monoisotopic (exact) mass is 396 g/mol. The predicted molar refractivity (Wildman–Crippen MR) is 102 cm³/mol. The van der Waals surface area contributed by atoms with Gasteiger partial charge in [-0.3, -0.25) is 10.1 Å². The number of hydrogen-bond donors (Lipinski definition) is 2. The topological polar surface area (TPSA) is 128 Å². The summed E-state index contributed by atoms with van der Waals surface area (Å²) in [5, 5.41) is 27.8. The van der Waals surface area contributed by atoms with Crippen LogP contribution in [0.25, 0.3) is 0 Å². The smallest absolute Gasteiger partial charge is 0.414 e. The molecule has 0 saturated carbocycles. The van der Waals surface area contributed by atoms with Crippen LogP contribution < -0.4 is 10.1 Å². The molecule has 1 heterocycles. The minimum absolute atomic E-state index is 0.150. The van der Waals surface area contributed by atoms with Gasteiger partial charge in [0.2, 0.25) is 0 Å². The fourth-order valence-electron chi connectivity index (χ4n) is 2.68. The Hall–Kier alpha value is -3.66. The summed E-state index contributed by atoms with van der Waals surface area (Å²) in [4.78, 5) is 24.8. The van der Waals surface area contributed by atoms with E-state index in [0.717, 1.165) is 5.56 Å². The average Bonchev–Trinajstić information content (AvgIpc) is 3.19. The largest absolute Gasteiger partial charge is 0.480 e. The standard InChI is InChI=1S/C19H20N6O4/c1-25(2)18(28)29-15-10-8-13(9-11-15)12-16(17(26)27)20-19(21-23-24-22-19)14-6-4-3-5-7-14/h3-11,16,20H,12H2,1-2H3,(H,26,27)/t16-/m0/s1. The van der Waals surface area contributed by atoms with Gasteiger partial charge in [-0.15, -0.1) is 10.2 Å². The van der Waals surface area contributed by atoms with Crippen LogP contribution in [0.3, 0.4) is 0 Å². The van der Waals surface area contributed by atoms with Gasteiger partial charge in [0.25, 0.3) is 5.79 Å². The molecule has 1 aliphatic rings. The summed E-state index contributed by atoms with van der Waals surface area (Å²) in [6.07, 6.45) is -0.346. The van der Waals surface area contributed by atoms with Crippen molar-refractivity contribution in [3.63, 3.8) is 0 Å². The Morgan fingerprint density at radius 2 is 1.69 bits per heavy atom. The number of rotatable bonds is 7. The fourth-order valence-corrected chi connectivity index (χ4v) is 2.68. The molecule has 0 spiro atoms. The highest BCUT2D eigenvalue weighted by molar-refractivity contribution is 5.74. The summed E-state index contributed by atoms with van der Waals surface area (Å²) in [6.45, 7) is 0. The molecule has 2 aromatic carbocycles. The number of amides is 1. The van der Waals surface area contributed by atoms with E-state index in [1.54, 1.807) is 62.6 Å². The van der Waals surface area contributed by atoms with Crippen molar-refractivity contribution in [2.75, 3.05) is 14.1 Å². The quantitative estimate of drug-likeness (QED) is 0.743. The zero-order valence-corrected chi connectivity index (χ0v) is 15.9. The molecule has 0 radical (unpaired) electrons. The van der Waals surface area contributed by atoms with Crippen molar-refractivity contribution >= 4 is 12.1 Å². The molecule has 0 unspecified atom stereocenters. The lowest BCUT2D eigenvalue weighted by molar-refractivity contribution is -0.140. The number of nitrogens with one attached hydrogen (secondary N) is 1. The summed E-state index contributed by atoms with van der Waals surface area (Å²) >= 11 is 0. The molecule has 3 rings (SSSR count). The first-order chi connectivity index (χ1) is 13.9. The van der Waals surface area contributed by atoms with E-state index in [-0.39, 0.29) is 6.42 Å². The molecule has 0 saturated heterocycles. The third-order valence-corrected chi connectivity index (χ3v) is 4.20. The second kappa shape index (κ2) is 8.57. The molecule has 0 aromatic heterocycles. The second-order valence-corrected chi connectivity index (χ2v) is 6.56. The second-order valence-electron chi connectivity index (χ2n) is 6.56. The molecule has 10 nitrogen and oxygen atoms in total. The van der Waals surface area contributed by atoms with Gasteiger partial charge < -0.3 is 14.7 Å². The molecule has 0 aliphatic carbocycles. The van der Waals surface area contributed by atoms with Crippen molar-refractivity contribution in [2.24, 2.45) is 20.7 Å². The van der Waals surface area contributed by atoms with Gasteiger partial charge in [-0.05, 0) is 34.6 Å². The Bertz CT molecular complexity index is 915. The van der Waals surface area contributed by atoms with Crippen LogP contribution in [-0.2, 0) is 17.0 Å². The third kappa shape index (κ3) is 4.79. The number of carboxylic acids is 1. The fraction of sp³-hybridized carbons (Fsp3) is 0.263. The molecule has 0 fully saturated rings. The van der Waals surface area contributed by atoms with Crippen LogP contribution >= 0.6 is 0 Å². The summed E-state index contributed by atoms with van der Waals surface area (Å²) < 4.78 is 5.16. The normalized spacial score (nSPS) is 15.1. The predicted octanol–water partition coefficient (Wildman–Crippen LogP) is 2.98. The van der Waals surface area contributed by atoms with Gasteiger partial charge in [0.15, 0.2) is 0 Å². The highest BCUT2D eigenvalue weighted by atomic mass is 16.6. The summed E-state index contributed by atoms with van der Waals surface area (Å²) in [6, 6.07) is 14.6. The van der Waals surface area contributed by atoms with E-state index in [1.165, 1.54) is 4.90 Å². The summed E-state index contributed by atoms with van der Waals surface area (Å²) in [7, 11) is 3.17. The van der Waals surface area contributed by atoms with E-state index >= 15 is 0 Å². The number of ether oxygens (including phenoxy) is 1. The minimum Gasteiger partial charge on any atom is -0.480 e. The molecular weight excluding hydrogens is 376 g/mol. The van der Waals surface area contributed by atoms with E-state index in [4.69, 9.17) is 4.74 Å². The molecule has 29 heavy (non-hydrogen) atoms. The third-order valence-electron chi connectivity index (χ3n) is 4.20. The van der Waals surface area contributed by atoms with E-state index in [2.05, 4.69) is 26.0 Å². The van der Waals surface area contributed by atoms with Crippen molar-refractivity contribution in [1.29, 1.82) is 0 Å². The van der Waals surface area contributed by atoms with Gasteiger partial charge in [0, 0.05) is 19.7 Å². The lowest BCUT2D eigenvalue weighted by Gasteiger charge is -2.26. The minimum atomic E-state index is -1.38. The Balaban J connectivity index is 1.75. The molecule has 2 aromatic rings. The average molecular weight is 396 g/mol. The van der Waals surface area contributed by atoms with Gasteiger partial charge >= 0.3 is 12.1 Å². The lowest BCUT2D eigenvalue weighted by Crippen LogP contribution is -2.49. The van der Waals surface area contributed by atoms with Crippen molar-refractivity contribution in [3.8, 4) is 5.75 Å². The number of carbonyl (C=O) groups is 2. The Morgan fingerprint density at radius 1 is 1.07 bits per heavy atom.